The number of unbranched alkanes of at least 4 members (excludes halogenated alkanes) is 2. The highest BCUT2D eigenvalue weighted by Gasteiger charge is 2.75. The van der Waals surface area contributed by atoms with Gasteiger partial charge in [0.2, 0.25) is 17.7 Å². The summed E-state index contributed by atoms with van der Waals surface area (Å²) in [5.41, 5.74) is -0.464. The Bertz CT molecular complexity index is 1000. The van der Waals surface area contributed by atoms with Crippen LogP contribution in [0.25, 0.3) is 0 Å². The Kier molecular flexibility index (Phi) is 8.98. The number of fused-ring (bicyclic) bond motifs is 1. The Labute approximate surface area is 225 Å². The van der Waals surface area contributed by atoms with Crippen molar-refractivity contribution in [2.45, 2.75) is 90.0 Å². The molecular formula is C29H43N3O6. The predicted octanol–water partition coefficient (Wildman–Crippen LogP) is 3.11. The van der Waals surface area contributed by atoms with Gasteiger partial charge in [-0.2, -0.15) is 0 Å². The first-order valence-electron chi connectivity index (χ1n) is 14.2. The molecule has 9 nitrogen and oxygen atoms in total. The van der Waals surface area contributed by atoms with Crippen molar-refractivity contribution in [3.8, 4) is 5.75 Å². The van der Waals surface area contributed by atoms with Crippen LogP contribution in [0.5, 0.6) is 5.75 Å². The van der Waals surface area contributed by atoms with Gasteiger partial charge in [0.05, 0.1) is 37.2 Å². The summed E-state index contributed by atoms with van der Waals surface area (Å²) < 4.78 is 12.0. The van der Waals surface area contributed by atoms with Crippen molar-refractivity contribution in [2.75, 3.05) is 25.1 Å². The van der Waals surface area contributed by atoms with Crippen LogP contribution in [0.1, 0.15) is 66.2 Å². The molecule has 1 aromatic carbocycles. The quantitative estimate of drug-likeness (QED) is 0.338. The van der Waals surface area contributed by atoms with E-state index in [9.17, 15) is 19.5 Å². The number of hydrogen-bond acceptors (Lipinski definition) is 6. The zero-order valence-corrected chi connectivity index (χ0v) is 23.1. The smallest absolute Gasteiger partial charge is 0.245 e. The molecule has 3 fully saturated rings. The monoisotopic (exact) mass is 529 g/mol. The lowest BCUT2D eigenvalue weighted by molar-refractivity contribution is -0.146. The Morgan fingerprint density at radius 2 is 1.92 bits per heavy atom. The van der Waals surface area contributed by atoms with E-state index in [4.69, 9.17) is 9.47 Å². The number of aliphatic hydroxyl groups is 1. The van der Waals surface area contributed by atoms with E-state index in [1.807, 2.05) is 20.8 Å². The minimum Gasteiger partial charge on any atom is -0.494 e. The van der Waals surface area contributed by atoms with Crippen molar-refractivity contribution in [3.63, 3.8) is 0 Å². The number of nitrogens with zero attached hydrogens (tertiary/aromatic N) is 1. The maximum Gasteiger partial charge on any atom is 0.245 e. The fourth-order valence-electron chi connectivity index (χ4n) is 6.57. The van der Waals surface area contributed by atoms with Crippen LogP contribution in [0.4, 0.5) is 5.69 Å². The molecular weight excluding hydrogens is 486 g/mol. The van der Waals surface area contributed by atoms with Crippen LogP contribution < -0.4 is 15.4 Å². The molecule has 3 N–H and O–H groups in total. The summed E-state index contributed by atoms with van der Waals surface area (Å²) in [6.45, 7) is 8.80. The van der Waals surface area contributed by atoms with Gasteiger partial charge >= 0.3 is 0 Å². The third-order valence-corrected chi connectivity index (χ3v) is 8.65. The molecule has 7 atom stereocenters. The fraction of sp³-hybridized carbons (Fsp3) is 0.690. The Balaban J connectivity index is 1.62. The molecule has 3 amide bonds. The molecule has 0 radical (unpaired) electrons. The summed E-state index contributed by atoms with van der Waals surface area (Å²) >= 11 is 0. The van der Waals surface area contributed by atoms with E-state index in [-0.39, 0.29) is 30.2 Å². The summed E-state index contributed by atoms with van der Waals surface area (Å²) in [5.74, 6) is -1.61. The second-order valence-corrected chi connectivity index (χ2v) is 10.9. The standard InChI is InChI=1S/C29H43N3O6/c1-5-8-9-16-30-27(35)25-29-15-14-22(38-29)23(24(29)28(36)32(25)21(17-33)18(4)6-2)26(34)31-19-10-12-20(13-11-19)37-7-3/h10-13,18,21-25,33H,5-9,14-17H2,1-4H3,(H,30,35)(H,31,34)/t18-,21-,22-,23+,24-,25?,29?/m0/s1. The number of ether oxygens (including phenoxy) is 2. The lowest BCUT2D eigenvalue weighted by Crippen LogP contribution is -2.59. The summed E-state index contributed by atoms with van der Waals surface area (Å²) in [7, 11) is 0. The molecule has 0 aliphatic carbocycles. The summed E-state index contributed by atoms with van der Waals surface area (Å²) in [5, 5.41) is 16.3. The Morgan fingerprint density at radius 3 is 2.55 bits per heavy atom. The number of carbonyl (C=O) groups is 3. The molecule has 2 unspecified atom stereocenters. The summed E-state index contributed by atoms with van der Waals surface area (Å²) in [6, 6.07) is 5.71. The normalized spacial score (nSPS) is 29.2. The number of nitrogens with one attached hydrogen (secondary N) is 2. The van der Waals surface area contributed by atoms with E-state index >= 15 is 0 Å². The molecule has 9 heteroatoms. The van der Waals surface area contributed by atoms with Crippen molar-refractivity contribution < 1.29 is 29.0 Å². The van der Waals surface area contributed by atoms with Gasteiger partial charge in [-0.05, 0) is 56.4 Å². The van der Waals surface area contributed by atoms with E-state index in [1.54, 1.807) is 29.2 Å². The number of rotatable bonds is 13. The number of carbonyl (C=O) groups excluding carboxylic acids is 3. The van der Waals surface area contributed by atoms with Crippen LogP contribution in [0.2, 0.25) is 0 Å². The van der Waals surface area contributed by atoms with E-state index in [1.165, 1.54) is 0 Å². The Hall–Kier alpha value is -2.65. The van der Waals surface area contributed by atoms with E-state index in [0.717, 1.165) is 25.7 Å². The van der Waals surface area contributed by atoms with Crippen LogP contribution in [-0.4, -0.2) is 71.3 Å². The molecule has 3 heterocycles. The lowest BCUT2D eigenvalue weighted by atomic mass is 9.70. The number of anilines is 1. The summed E-state index contributed by atoms with van der Waals surface area (Å²) in [4.78, 5) is 43.0. The molecule has 0 aromatic heterocycles. The van der Waals surface area contributed by atoms with E-state index in [2.05, 4.69) is 17.6 Å². The van der Waals surface area contributed by atoms with Crippen molar-refractivity contribution in [1.29, 1.82) is 0 Å². The fourth-order valence-corrected chi connectivity index (χ4v) is 6.57. The number of likely N-dealkylation sites (tertiary alicyclic amines) is 1. The first-order chi connectivity index (χ1) is 18.3. The molecule has 38 heavy (non-hydrogen) atoms. The molecule has 3 aliphatic heterocycles. The van der Waals surface area contributed by atoms with Gasteiger partial charge in [-0.1, -0.05) is 40.0 Å². The average Bonchev–Trinajstić information content (AvgIpc) is 3.56. The van der Waals surface area contributed by atoms with Crippen molar-refractivity contribution in [1.82, 2.24) is 10.2 Å². The molecule has 0 saturated carbocycles. The van der Waals surface area contributed by atoms with Gasteiger partial charge < -0.3 is 30.1 Å². The van der Waals surface area contributed by atoms with Crippen LogP contribution in [-0.2, 0) is 19.1 Å². The number of benzene rings is 1. The van der Waals surface area contributed by atoms with Crippen molar-refractivity contribution >= 4 is 23.4 Å². The van der Waals surface area contributed by atoms with Gasteiger partial charge in [0.25, 0.3) is 0 Å². The Morgan fingerprint density at radius 1 is 1.18 bits per heavy atom. The molecule has 3 saturated heterocycles. The zero-order chi connectivity index (χ0) is 27.4. The van der Waals surface area contributed by atoms with Crippen LogP contribution in [0.15, 0.2) is 24.3 Å². The predicted molar refractivity (Wildman–Crippen MR) is 144 cm³/mol. The minimum absolute atomic E-state index is 0.0251. The second-order valence-electron chi connectivity index (χ2n) is 10.9. The van der Waals surface area contributed by atoms with Gasteiger partial charge in [0, 0.05) is 12.2 Å². The first kappa shape index (κ1) is 28.4. The van der Waals surface area contributed by atoms with Crippen LogP contribution in [0, 0.1) is 17.8 Å². The van der Waals surface area contributed by atoms with E-state index in [0.29, 0.717) is 37.4 Å². The first-order valence-corrected chi connectivity index (χ1v) is 14.2. The molecule has 210 valence electrons. The third-order valence-electron chi connectivity index (χ3n) is 8.65. The summed E-state index contributed by atoms with van der Waals surface area (Å²) in [6.07, 6.45) is 4.33. The largest absolute Gasteiger partial charge is 0.494 e. The maximum absolute atomic E-state index is 14.1. The second kappa shape index (κ2) is 12.0. The van der Waals surface area contributed by atoms with Crippen molar-refractivity contribution in [2.24, 2.45) is 17.8 Å². The lowest BCUT2D eigenvalue weighted by Gasteiger charge is -2.38. The highest BCUT2D eigenvalue weighted by atomic mass is 16.5. The van der Waals surface area contributed by atoms with Gasteiger partial charge in [0.1, 0.15) is 17.4 Å². The van der Waals surface area contributed by atoms with Gasteiger partial charge in [-0.3, -0.25) is 14.4 Å². The highest BCUT2D eigenvalue weighted by Crippen LogP contribution is 2.59. The number of aliphatic hydroxyl groups excluding tert-OH is 1. The molecule has 1 spiro atoms. The average molecular weight is 530 g/mol. The maximum atomic E-state index is 14.1. The molecule has 4 rings (SSSR count). The molecule has 1 aromatic rings. The van der Waals surface area contributed by atoms with E-state index < -0.39 is 35.6 Å². The number of amides is 3. The van der Waals surface area contributed by atoms with Crippen molar-refractivity contribution in [3.05, 3.63) is 24.3 Å². The van der Waals surface area contributed by atoms with Gasteiger partial charge in [0.15, 0.2) is 0 Å². The van der Waals surface area contributed by atoms with Gasteiger partial charge in [-0.15, -0.1) is 0 Å². The van der Waals surface area contributed by atoms with Crippen LogP contribution >= 0.6 is 0 Å². The zero-order valence-electron chi connectivity index (χ0n) is 23.1. The minimum atomic E-state index is -1.07. The molecule has 3 aliphatic rings. The molecule has 2 bridgehead atoms. The van der Waals surface area contributed by atoms with Crippen LogP contribution in [0.3, 0.4) is 0 Å². The SMILES string of the molecule is CCCCCNC(=O)C1N([C@@H](CO)[C@@H](C)CC)C(=O)[C@@H]2[C@H](C(=O)Nc3ccc(OCC)cc3)[C@@H]3CCC12O3. The number of hydrogen-bond donors (Lipinski definition) is 3. The topological polar surface area (TPSA) is 117 Å². The third kappa shape index (κ3) is 5.02. The highest BCUT2D eigenvalue weighted by molar-refractivity contribution is 6.02. The van der Waals surface area contributed by atoms with Gasteiger partial charge in [-0.25, -0.2) is 0 Å².